The van der Waals surface area contributed by atoms with E-state index < -0.39 is 0 Å². The van der Waals surface area contributed by atoms with E-state index in [1.54, 1.807) is 24.3 Å². The molecule has 0 unspecified atom stereocenters. The number of thioether (sulfide) groups is 1. The van der Waals surface area contributed by atoms with Gasteiger partial charge in [-0.2, -0.15) is 5.10 Å². The number of anilines is 1. The van der Waals surface area contributed by atoms with Crippen LogP contribution in [0.5, 0.6) is 0 Å². The van der Waals surface area contributed by atoms with E-state index in [1.807, 2.05) is 18.2 Å². The van der Waals surface area contributed by atoms with Gasteiger partial charge >= 0.3 is 0 Å². The first-order chi connectivity index (χ1) is 13.3. The number of aromatic amines is 1. The van der Waals surface area contributed by atoms with Crippen molar-refractivity contribution in [1.29, 1.82) is 0 Å². The van der Waals surface area contributed by atoms with Crippen molar-refractivity contribution >= 4 is 34.4 Å². The Balaban J connectivity index is 1.38. The first-order valence-corrected chi connectivity index (χ1v) is 10.1. The van der Waals surface area contributed by atoms with Crippen LogP contribution in [0.2, 0.25) is 0 Å². The molecule has 138 valence electrons. The standard InChI is InChI=1S/C20H21N5OS/c26-18(10-14-5-2-1-3-6-14)24-16-8-4-7-15(9-16)12-27-20-17-11-23-25-19(17)21-13-22-20/h4-5,7-9,11,13H,1-3,6,10,12H2,(H,24,26)(H,21,22,23,25). The quantitative estimate of drug-likeness (QED) is 0.375. The highest BCUT2D eigenvalue weighted by Gasteiger charge is 2.10. The fraction of sp³-hybridized carbons (Fsp3) is 0.300. The molecule has 1 aliphatic carbocycles. The summed E-state index contributed by atoms with van der Waals surface area (Å²) in [6.45, 7) is 0. The molecular formula is C20H21N5OS. The largest absolute Gasteiger partial charge is 0.326 e. The highest BCUT2D eigenvalue weighted by Crippen LogP contribution is 2.27. The highest BCUT2D eigenvalue weighted by atomic mass is 32.2. The van der Waals surface area contributed by atoms with Crippen LogP contribution in [0.1, 0.15) is 37.7 Å². The summed E-state index contributed by atoms with van der Waals surface area (Å²) in [6.07, 6.45) is 10.6. The summed E-state index contributed by atoms with van der Waals surface area (Å²) in [6, 6.07) is 7.98. The van der Waals surface area contributed by atoms with E-state index in [4.69, 9.17) is 0 Å². The number of aromatic nitrogens is 4. The van der Waals surface area contributed by atoms with Crippen LogP contribution < -0.4 is 5.32 Å². The number of H-pyrrole nitrogens is 1. The van der Waals surface area contributed by atoms with Gasteiger partial charge in [0.2, 0.25) is 5.91 Å². The fourth-order valence-corrected chi connectivity index (χ4v) is 4.13. The smallest absolute Gasteiger partial charge is 0.228 e. The highest BCUT2D eigenvalue weighted by molar-refractivity contribution is 7.98. The molecule has 1 aliphatic rings. The van der Waals surface area contributed by atoms with Gasteiger partial charge in [0.1, 0.15) is 11.4 Å². The van der Waals surface area contributed by atoms with Crippen molar-refractivity contribution < 1.29 is 4.79 Å². The third kappa shape index (κ3) is 4.54. The number of amides is 1. The van der Waals surface area contributed by atoms with E-state index in [-0.39, 0.29) is 5.91 Å². The lowest BCUT2D eigenvalue weighted by atomic mass is 9.97. The summed E-state index contributed by atoms with van der Waals surface area (Å²) in [5, 5.41) is 11.7. The lowest BCUT2D eigenvalue weighted by Gasteiger charge is -2.13. The van der Waals surface area contributed by atoms with E-state index in [9.17, 15) is 4.79 Å². The fourth-order valence-electron chi connectivity index (χ4n) is 3.23. The number of carbonyl (C=O) groups excluding carboxylic acids is 1. The van der Waals surface area contributed by atoms with E-state index in [2.05, 4.69) is 37.6 Å². The number of benzene rings is 1. The van der Waals surface area contributed by atoms with E-state index in [1.165, 1.54) is 18.4 Å². The number of fused-ring (bicyclic) bond motifs is 1. The van der Waals surface area contributed by atoms with Crippen molar-refractivity contribution in [1.82, 2.24) is 20.2 Å². The van der Waals surface area contributed by atoms with Gasteiger partial charge in [0.05, 0.1) is 11.6 Å². The lowest BCUT2D eigenvalue weighted by molar-refractivity contribution is -0.115. The van der Waals surface area contributed by atoms with Gasteiger partial charge in [-0.1, -0.05) is 23.8 Å². The average Bonchev–Trinajstić information content (AvgIpc) is 3.17. The SMILES string of the molecule is O=C(CC1=CCCCC1)Nc1cccc(CSc2ncnc3[nH]ncc23)c1. The second-order valence-corrected chi connectivity index (χ2v) is 7.60. The molecule has 6 nitrogen and oxygen atoms in total. The Kier molecular flexibility index (Phi) is 5.48. The number of carbonyl (C=O) groups is 1. The van der Waals surface area contributed by atoms with Crippen LogP contribution in [0.15, 0.2) is 53.5 Å². The molecule has 3 aromatic rings. The summed E-state index contributed by atoms with van der Waals surface area (Å²) >= 11 is 1.63. The summed E-state index contributed by atoms with van der Waals surface area (Å²) in [7, 11) is 0. The molecule has 0 bridgehead atoms. The second kappa shape index (κ2) is 8.35. The molecule has 1 aromatic carbocycles. The topological polar surface area (TPSA) is 83.6 Å². The van der Waals surface area contributed by atoms with E-state index >= 15 is 0 Å². The minimum absolute atomic E-state index is 0.0591. The zero-order valence-corrected chi connectivity index (χ0v) is 15.8. The molecule has 4 rings (SSSR count). The zero-order valence-electron chi connectivity index (χ0n) is 14.9. The molecule has 0 saturated carbocycles. The normalized spacial score (nSPS) is 14.1. The maximum atomic E-state index is 12.3. The Bertz CT molecular complexity index is 981. The molecule has 2 N–H and O–H groups in total. The molecule has 0 aliphatic heterocycles. The molecule has 2 aromatic heterocycles. The van der Waals surface area contributed by atoms with Gasteiger partial charge in [-0.3, -0.25) is 9.89 Å². The molecule has 7 heteroatoms. The van der Waals surface area contributed by atoms with Gasteiger partial charge < -0.3 is 5.32 Å². The molecule has 1 amide bonds. The number of hydrogen-bond donors (Lipinski definition) is 2. The van der Waals surface area contributed by atoms with Crippen molar-refractivity contribution in [3.8, 4) is 0 Å². The Morgan fingerprint density at radius 3 is 3.11 bits per heavy atom. The van der Waals surface area contributed by atoms with Crippen molar-refractivity contribution in [2.75, 3.05) is 5.32 Å². The maximum absolute atomic E-state index is 12.3. The Morgan fingerprint density at radius 2 is 2.22 bits per heavy atom. The molecule has 0 saturated heterocycles. The van der Waals surface area contributed by atoms with E-state index in [0.717, 1.165) is 45.9 Å². The molecular weight excluding hydrogens is 358 g/mol. The van der Waals surface area contributed by atoms with Gasteiger partial charge in [-0.05, 0) is 43.4 Å². The predicted molar refractivity (Wildman–Crippen MR) is 107 cm³/mol. The summed E-state index contributed by atoms with van der Waals surface area (Å²) in [4.78, 5) is 20.8. The van der Waals surface area contributed by atoms with Crippen LogP contribution in [0.4, 0.5) is 5.69 Å². The molecule has 0 fully saturated rings. The third-order valence-electron chi connectivity index (χ3n) is 4.57. The van der Waals surface area contributed by atoms with Crippen LogP contribution in [0.25, 0.3) is 11.0 Å². The monoisotopic (exact) mass is 379 g/mol. The zero-order chi connectivity index (χ0) is 18.5. The van der Waals surface area contributed by atoms with Crippen LogP contribution >= 0.6 is 11.8 Å². The molecule has 2 heterocycles. The van der Waals surface area contributed by atoms with Crippen LogP contribution in [0.3, 0.4) is 0 Å². The van der Waals surface area contributed by atoms with Crippen molar-refractivity contribution in [2.24, 2.45) is 0 Å². The molecule has 0 spiro atoms. The number of hydrogen-bond acceptors (Lipinski definition) is 5. The first-order valence-electron chi connectivity index (χ1n) is 9.11. The van der Waals surface area contributed by atoms with Gasteiger partial charge in [-0.15, -0.1) is 11.8 Å². The van der Waals surface area contributed by atoms with Gasteiger partial charge in [0.25, 0.3) is 0 Å². The third-order valence-corrected chi connectivity index (χ3v) is 5.65. The summed E-state index contributed by atoms with van der Waals surface area (Å²) in [5.41, 5.74) is 3.97. The first kappa shape index (κ1) is 17.7. The van der Waals surface area contributed by atoms with E-state index in [0.29, 0.717) is 6.42 Å². The Labute approximate surface area is 161 Å². The molecule has 0 radical (unpaired) electrons. The Hall–Kier alpha value is -2.67. The minimum Gasteiger partial charge on any atom is -0.326 e. The summed E-state index contributed by atoms with van der Waals surface area (Å²) < 4.78 is 0. The van der Waals surface area contributed by atoms with Crippen molar-refractivity contribution in [3.05, 3.63) is 54.0 Å². The average molecular weight is 379 g/mol. The van der Waals surface area contributed by atoms with Gasteiger partial charge in [0, 0.05) is 17.9 Å². The number of allylic oxidation sites excluding steroid dienone is 1. The van der Waals surface area contributed by atoms with Crippen LogP contribution in [-0.2, 0) is 10.5 Å². The molecule has 0 atom stereocenters. The second-order valence-electron chi connectivity index (χ2n) is 6.63. The number of rotatable bonds is 6. The maximum Gasteiger partial charge on any atom is 0.228 e. The minimum atomic E-state index is 0.0591. The van der Waals surface area contributed by atoms with Crippen molar-refractivity contribution in [2.45, 2.75) is 42.9 Å². The van der Waals surface area contributed by atoms with Gasteiger partial charge in [-0.25, -0.2) is 9.97 Å². The van der Waals surface area contributed by atoms with Crippen LogP contribution in [-0.4, -0.2) is 26.1 Å². The predicted octanol–water partition coefficient (Wildman–Crippen LogP) is 4.47. The van der Waals surface area contributed by atoms with Gasteiger partial charge in [0.15, 0.2) is 5.65 Å². The number of nitrogens with one attached hydrogen (secondary N) is 2. The number of nitrogens with zero attached hydrogens (tertiary/aromatic N) is 3. The van der Waals surface area contributed by atoms with Crippen LogP contribution in [0, 0.1) is 0 Å². The van der Waals surface area contributed by atoms with Crippen molar-refractivity contribution in [3.63, 3.8) is 0 Å². The molecule has 27 heavy (non-hydrogen) atoms. The Morgan fingerprint density at radius 1 is 1.26 bits per heavy atom. The summed E-state index contributed by atoms with van der Waals surface area (Å²) in [5.74, 6) is 0.815. The lowest BCUT2D eigenvalue weighted by Crippen LogP contribution is -2.13.